The van der Waals surface area contributed by atoms with Crippen molar-refractivity contribution in [3.63, 3.8) is 0 Å². The van der Waals surface area contributed by atoms with Crippen LogP contribution >= 0.6 is 0 Å². The Balaban J connectivity index is 1.70. The first-order valence-corrected chi connectivity index (χ1v) is 8.26. The molecule has 0 spiro atoms. The quantitative estimate of drug-likeness (QED) is 0.801. The third kappa shape index (κ3) is 3.61. The number of aromatic nitrogens is 5. The van der Waals surface area contributed by atoms with Crippen LogP contribution in [0.1, 0.15) is 36.2 Å². The summed E-state index contributed by atoms with van der Waals surface area (Å²) in [5.74, 6) is 3.53. The molecular weight excluding hydrogens is 292 g/mol. The van der Waals surface area contributed by atoms with Gasteiger partial charge in [-0.1, -0.05) is 0 Å². The fourth-order valence-electron chi connectivity index (χ4n) is 3.28. The molecule has 0 saturated carbocycles. The molecule has 3 rings (SSSR count). The summed E-state index contributed by atoms with van der Waals surface area (Å²) in [6.07, 6.45) is 6.19. The number of likely N-dealkylation sites (tertiary alicyclic amines) is 1. The van der Waals surface area contributed by atoms with E-state index in [1.54, 1.807) is 7.11 Å². The Labute approximate surface area is 137 Å². The van der Waals surface area contributed by atoms with Gasteiger partial charge in [0.15, 0.2) is 5.82 Å². The number of nitrogens with zero attached hydrogens (tertiary/aromatic N) is 6. The van der Waals surface area contributed by atoms with Crippen LogP contribution in [-0.2, 0) is 18.3 Å². The second-order valence-electron chi connectivity index (χ2n) is 6.27. The second kappa shape index (κ2) is 7.23. The fourth-order valence-corrected chi connectivity index (χ4v) is 3.28. The summed E-state index contributed by atoms with van der Waals surface area (Å²) in [6.45, 7) is 6.70. The molecule has 1 atom stereocenters. The van der Waals surface area contributed by atoms with E-state index < -0.39 is 0 Å². The zero-order valence-electron chi connectivity index (χ0n) is 14.3. The van der Waals surface area contributed by atoms with Crippen LogP contribution in [0.2, 0.25) is 0 Å². The first kappa shape index (κ1) is 16.1. The smallest absolute Gasteiger partial charge is 0.152 e. The van der Waals surface area contributed by atoms with Crippen LogP contribution in [0.4, 0.5) is 0 Å². The molecule has 0 radical (unpaired) electrons. The molecule has 23 heavy (non-hydrogen) atoms. The van der Waals surface area contributed by atoms with Gasteiger partial charge in [0.1, 0.15) is 11.6 Å². The molecule has 0 unspecified atom stereocenters. The molecular formula is C16H26N6O. The Bertz CT molecular complexity index is 634. The fraction of sp³-hybridized carbons (Fsp3) is 0.688. The Morgan fingerprint density at radius 2 is 2.22 bits per heavy atom. The van der Waals surface area contributed by atoms with E-state index in [1.165, 1.54) is 12.8 Å². The number of hydrogen-bond acceptors (Lipinski definition) is 5. The number of hydrogen-bond donors (Lipinski definition) is 0. The van der Waals surface area contributed by atoms with Crippen molar-refractivity contribution in [2.75, 3.05) is 33.4 Å². The van der Waals surface area contributed by atoms with Gasteiger partial charge in [0.25, 0.3) is 0 Å². The van der Waals surface area contributed by atoms with Crippen molar-refractivity contribution in [2.24, 2.45) is 7.05 Å². The molecule has 3 heterocycles. The molecule has 0 amide bonds. The Hall–Kier alpha value is -1.73. The van der Waals surface area contributed by atoms with E-state index in [0.717, 1.165) is 50.3 Å². The molecule has 126 valence electrons. The van der Waals surface area contributed by atoms with E-state index in [0.29, 0.717) is 5.92 Å². The largest absolute Gasteiger partial charge is 0.383 e. The van der Waals surface area contributed by atoms with Gasteiger partial charge >= 0.3 is 0 Å². The highest BCUT2D eigenvalue weighted by Crippen LogP contribution is 2.25. The summed E-state index contributed by atoms with van der Waals surface area (Å²) >= 11 is 0. The average molecular weight is 318 g/mol. The predicted molar refractivity (Wildman–Crippen MR) is 87.4 cm³/mol. The lowest BCUT2D eigenvalue weighted by Crippen LogP contribution is -2.37. The lowest BCUT2D eigenvalue weighted by Gasteiger charge is -2.31. The van der Waals surface area contributed by atoms with Gasteiger partial charge in [-0.3, -0.25) is 0 Å². The summed E-state index contributed by atoms with van der Waals surface area (Å²) in [6, 6.07) is 0. The van der Waals surface area contributed by atoms with Crippen LogP contribution in [0.3, 0.4) is 0 Å². The summed E-state index contributed by atoms with van der Waals surface area (Å²) < 4.78 is 9.45. The summed E-state index contributed by atoms with van der Waals surface area (Å²) in [7, 11) is 3.83. The zero-order valence-corrected chi connectivity index (χ0v) is 14.3. The predicted octanol–water partition coefficient (Wildman–Crippen LogP) is 1.19. The minimum atomic E-state index is 0.454. The highest BCUT2D eigenvalue weighted by atomic mass is 16.5. The van der Waals surface area contributed by atoms with Gasteiger partial charge in [0.05, 0.1) is 13.2 Å². The van der Waals surface area contributed by atoms with Crippen LogP contribution in [0, 0.1) is 6.92 Å². The van der Waals surface area contributed by atoms with Gasteiger partial charge in [-0.25, -0.2) is 4.98 Å². The highest BCUT2D eigenvalue weighted by Gasteiger charge is 2.25. The number of methoxy groups -OCH3 is 1. The van der Waals surface area contributed by atoms with Crippen LogP contribution in [-0.4, -0.2) is 62.6 Å². The third-order valence-electron chi connectivity index (χ3n) is 4.72. The highest BCUT2D eigenvalue weighted by molar-refractivity contribution is 5.05. The number of piperidine rings is 1. The molecule has 7 heteroatoms. The van der Waals surface area contributed by atoms with Gasteiger partial charge in [0.2, 0.25) is 0 Å². The van der Waals surface area contributed by atoms with Gasteiger partial charge in [0, 0.05) is 45.6 Å². The molecule has 2 aromatic heterocycles. The van der Waals surface area contributed by atoms with E-state index >= 15 is 0 Å². The monoisotopic (exact) mass is 318 g/mol. The number of ether oxygens (including phenoxy) is 1. The van der Waals surface area contributed by atoms with Crippen LogP contribution < -0.4 is 0 Å². The molecule has 2 aromatic rings. The first-order chi connectivity index (χ1) is 11.2. The van der Waals surface area contributed by atoms with E-state index in [4.69, 9.17) is 4.74 Å². The number of rotatable bonds is 6. The lowest BCUT2D eigenvalue weighted by atomic mass is 9.97. The molecule has 7 nitrogen and oxygen atoms in total. The summed E-state index contributed by atoms with van der Waals surface area (Å²) in [5.41, 5.74) is 0. The maximum absolute atomic E-state index is 5.20. The van der Waals surface area contributed by atoms with Crippen molar-refractivity contribution in [2.45, 2.75) is 32.2 Å². The average Bonchev–Trinajstić information content (AvgIpc) is 3.13. The Kier molecular flexibility index (Phi) is 5.07. The lowest BCUT2D eigenvalue weighted by molar-refractivity contribution is 0.126. The SMILES string of the molecule is COCCN1CCC[C@H](c2nnc(Cn3ccnc3C)n2C)C1. The summed E-state index contributed by atoms with van der Waals surface area (Å²) in [4.78, 5) is 6.73. The van der Waals surface area contributed by atoms with Gasteiger partial charge in [-0.2, -0.15) is 0 Å². The maximum atomic E-state index is 5.20. The van der Waals surface area contributed by atoms with E-state index in [1.807, 2.05) is 19.3 Å². The minimum absolute atomic E-state index is 0.454. The Morgan fingerprint density at radius 3 is 2.96 bits per heavy atom. The van der Waals surface area contributed by atoms with Gasteiger partial charge in [-0.15, -0.1) is 10.2 Å². The van der Waals surface area contributed by atoms with Crippen molar-refractivity contribution in [3.05, 3.63) is 29.9 Å². The summed E-state index contributed by atoms with van der Waals surface area (Å²) in [5, 5.41) is 8.90. The van der Waals surface area contributed by atoms with Gasteiger partial charge in [-0.05, 0) is 26.3 Å². The topological polar surface area (TPSA) is 61.0 Å². The first-order valence-electron chi connectivity index (χ1n) is 8.26. The molecule has 0 bridgehead atoms. The molecule has 0 aromatic carbocycles. The molecule has 1 aliphatic heterocycles. The standard InChI is InChI=1S/C16H26N6O/c1-13-17-6-8-22(13)12-15-18-19-16(20(15)2)14-5-4-7-21(11-14)9-10-23-3/h6,8,14H,4-5,7,9-12H2,1-3H3/t14-/m0/s1. The van der Waals surface area contributed by atoms with Crippen molar-refractivity contribution >= 4 is 0 Å². The van der Waals surface area contributed by atoms with Crippen LogP contribution in [0.15, 0.2) is 12.4 Å². The van der Waals surface area contributed by atoms with Crippen molar-refractivity contribution < 1.29 is 4.74 Å². The van der Waals surface area contributed by atoms with Gasteiger partial charge < -0.3 is 18.8 Å². The second-order valence-corrected chi connectivity index (χ2v) is 6.27. The zero-order chi connectivity index (χ0) is 16.2. The van der Waals surface area contributed by atoms with Crippen molar-refractivity contribution in [1.29, 1.82) is 0 Å². The molecule has 0 N–H and O–H groups in total. The van der Waals surface area contributed by atoms with Crippen LogP contribution in [0.5, 0.6) is 0 Å². The van der Waals surface area contributed by atoms with E-state index in [2.05, 4.69) is 36.3 Å². The molecule has 0 aliphatic carbocycles. The minimum Gasteiger partial charge on any atom is -0.383 e. The number of aryl methyl sites for hydroxylation is 1. The third-order valence-corrected chi connectivity index (χ3v) is 4.72. The Morgan fingerprint density at radius 1 is 1.35 bits per heavy atom. The van der Waals surface area contributed by atoms with Crippen molar-refractivity contribution in [3.8, 4) is 0 Å². The normalized spacial score (nSPS) is 19.3. The van der Waals surface area contributed by atoms with Crippen LogP contribution in [0.25, 0.3) is 0 Å². The van der Waals surface area contributed by atoms with E-state index in [-0.39, 0.29) is 0 Å². The number of imidazole rings is 1. The van der Waals surface area contributed by atoms with Crippen molar-refractivity contribution in [1.82, 2.24) is 29.2 Å². The molecule has 1 fully saturated rings. The molecule has 1 saturated heterocycles. The van der Waals surface area contributed by atoms with E-state index in [9.17, 15) is 0 Å². The maximum Gasteiger partial charge on any atom is 0.152 e. The molecule has 1 aliphatic rings.